The number of nitrogens with one attached hydrogen (secondary N) is 1. The second-order valence-electron chi connectivity index (χ2n) is 4.70. The number of hydrogen-bond acceptors (Lipinski definition) is 3. The van der Waals surface area contributed by atoms with Crippen molar-refractivity contribution in [2.24, 2.45) is 0 Å². The Morgan fingerprint density at radius 1 is 1.50 bits per heavy atom. The minimum Gasteiger partial charge on any atom is -0.343 e. The van der Waals surface area contributed by atoms with Crippen molar-refractivity contribution in [1.29, 1.82) is 0 Å². The second kappa shape index (κ2) is 6.13. The van der Waals surface area contributed by atoms with E-state index in [2.05, 4.69) is 17.2 Å². The number of rotatable bonds is 4. The van der Waals surface area contributed by atoms with Gasteiger partial charge in [0.1, 0.15) is 10.8 Å². The van der Waals surface area contributed by atoms with Crippen LogP contribution in [0.15, 0.2) is 24.4 Å². The van der Waals surface area contributed by atoms with Gasteiger partial charge < -0.3 is 5.32 Å². The molecule has 1 amide bonds. The molecular weight excluding hydrogens is 275 g/mol. The van der Waals surface area contributed by atoms with Crippen LogP contribution in [0.25, 0.3) is 0 Å². The van der Waals surface area contributed by atoms with E-state index in [0.717, 1.165) is 17.0 Å². The van der Waals surface area contributed by atoms with Crippen LogP contribution in [-0.2, 0) is 6.42 Å². The molecule has 20 heavy (non-hydrogen) atoms. The smallest absolute Gasteiger partial charge is 0.254 e. The molecule has 0 aliphatic rings. The Bertz CT molecular complexity index is 624. The van der Waals surface area contributed by atoms with Crippen molar-refractivity contribution < 1.29 is 9.18 Å². The number of hydrogen-bond donors (Lipinski definition) is 1. The number of aryl methyl sites for hydroxylation is 2. The minimum atomic E-state index is -0.506. The first-order chi connectivity index (χ1) is 9.51. The molecule has 1 aromatic carbocycles. The van der Waals surface area contributed by atoms with E-state index in [1.807, 2.05) is 20.0 Å². The topological polar surface area (TPSA) is 42.0 Å². The van der Waals surface area contributed by atoms with Crippen LogP contribution in [0.2, 0.25) is 0 Å². The monoisotopic (exact) mass is 292 g/mol. The van der Waals surface area contributed by atoms with Gasteiger partial charge in [0.05, 0.1) is 11.6 Å². The summed E-state index contributed by atoms with van der Waals surface area (Å²) in [5.74, 6) is -0.916. The molecule has 106 valence electrons. The van der Waals surface area contributed by atoms with Crippen LogP contribution in [0, 0.1) is 12.7 Å². The molecule has 0 bridgehead atoms. The maximum Gasteiger partial charge on any atom is 0.254 e. The molecule has 5 heteroatoms. The third-order valence-corrected chi connectivity index (χ3v) is 4.33. The Balaban J connectivity index is 2.12. The number of halogens is 1. The molecule has 0 radical (unpaired) electrons. The maximum atomic E-state index is 13.7. The summed E-state index contributed by atoms with van der Waals surface area (Å²) in [6.45, 7) is 5.74. The summed E-state index contributed by atoms with van der Waals surface area (Å²) >= 11 is 1.57. The van der Waals surface area contributed by atoms with Gasteiger partial charge in [-0.1, -0.05) is 18.6 Å². The zero-order valence-electron chi connectivity index (χ0n) is 11.7. The van der Waals surface area contributed by atoms with Crippen molar-refractivity contribution >= 4 is 17.2 Å². The van der Waals surface area contributed by atoms with Crippen LogP contribution in [0.1, 0.15) is 45.7 Å². The SMILES string of the molecule is CCc1cnc(C(C)NC(=O)c2cc(C)ccc2F)s1. The van der Waals surface area contributed by atoms with Crippen LogP contribution < -0.4 is 5.32 Å². The molecule has 0 aliphatic heterocycles. The van der Waals surface area contributed by atoms with Gasteiger partial charge in [0, 0.05) is 11.1 Å². The minimum absolute atomic E-state index is 0.0733. The van der Waals surface area contributed by atoms with E-state index in [1.54, 1.807) is 23.5 Å². The van der Waals surface area contributed by atoms with E-state index in [4.69, 9.17) is 0 Å². The number of aromatic nitrogens is 1. The largest absolute Gasteiger partial charge is 0.343 e. The van der Waals surface area contributed by atoms with Crippen molar-refractivity contribution in [2.75, 3.05) is 0 Å². The van der Waals surface area contributed by atoms with Gasteiger partial charge in [-0.3, -0.25) is 4.79 Å². The Morgan fingerprint density at radius 3 is 2.90 bits per heavy atom. The zero-order valence-corrected chi connectivity index (χ0v) is 12.6. The lowest BCUT2D eigenvalue weighted by Crippen LogP contribution is -2.27. The molecule has 0 aliphatic carbocycles. The first-order valence-corrected chi connectivity index (χ1v) is 7.34. The maximum absolute atomic E-state index is 13.7. The van der Waals surface area contributed by atoms with Crippen molar-refractivity contribution in [3.05, 3.63) is 51.2 Å². The van der Waals surface area contributed by atoms with Crippen molar-refractivity contribution in [2.45, 2.75) is 33.2 Å². The number of nitrogens with zero attached hydrogens (tertiary/aromatic N) is 1. The van der Waals surface area contributed by atoms with Gasteiger partial charge in [0.25, 0.3) is 5.91 Å². The molecule has 2 rings (SSSR count). The lowest BCUT2D eigenvalue weighted by Gasteiger charge is -2.12. The Kier molecular flexibility index (Phi) is 4.49. The highest BCUT2D eigenvalue weighted by Crippen LogP contribution is 2.21. The summed E-state index contributed by atoms with van der Waals surface area (Å²) in [6.07, 6.45) is 2.74. The molecule has 0 saturated carbocycles. The molecule has 1 aromatic heterocycles. The summed E-state index contributed by atoms with van der Waals surface area (Å²) in [7, 11) is 0. The van der Waals surface area contributed by atoms with E-state index in [1.165, 1.54) is 10.9 Å². The van der Waals surface area contributed by atoms with Gasteiger partial charge in [-0.15, -0.1) is 11.3 Å². The van der Waals surface area contributed by atoms with Gasteiger partial charge >= 0.3 is 0 Å². The number of carbonyl (C=O) groups excluding carboxylic acids is 1. The normalized spacial score (nSPS) is 12.2. The molecule has 0 saturated heterocycles. The van der Waals surface area contributed by atoms with Crippen molar-refractivity contribution in [3.63, 3.8) is 0 Å². The van der Waals surface area contributed by atoms with Crippen molar-refractivity contribution in [1.82, 2.24) is 10.3 Å². The van der Waals surface area contributed by atoms with Gasteiger partial charge in [0.15, 0.2) is 0 Å². The van der Waals surface area contributed by atoms with Crippen molar-refractivity contribution in [3.8, 4) is 0 Å². The highest BCUT2D eigenvalue weighted by Gasteiger charge is 2.17. The summed E-state index contributed by atoms with van der Waals surface area (Å²) in [6, 6.07) is 4.28. The summed E-state index contributed by atoms with van der Waals surface area (Å²) in [4.78, 5) is 17.6. The van der Waals surface area contributed by atoms with E-state index < -0.39 is 11.7 Å². The van der Waals surface area contributed by atoms with Crippen LogP contribution in [-0.4, -0.2) is 10.9 Å². The lowest BCUT2D eigenvalue weighted by atomic mass is 10.1. The average molecular weight is 292 g/mol. The highest BCUT2D eigenvalue weighted by molar-refractivity contribution is 7.11. The van der Waals surface area contributed by atoms with E-state index >= 15 is 0 Å². The lowest BCUT2D eigenvalue weighted by molar-refractivity contribution is 0.0935. The molecule has 1 heterocycles. The molecule has 2 aromatic rings. The standard InChI is InChI=1S/C15H17FN2OS/c1-4-11-8-17-15(20-11)10(3)18-14(19)12-7-9(2)5-6-13(12)16/h5-8,10H,4H2,1-3H3,(H,18,19). The summed E-state index contributed by atoms with van der Waals surface area (Å²) < 4.78 is 13.7. The summed E-state index contributed by atoms with van der Waals surface area (Å²) in [5.41, 5.74) is 0.927. The molecule has 1 N–H and O–H groups in total. The number of thiazole rings is 1. The molecule has 1 unspecified atom stereocenters. The fourth-order valence-electron chi connectivity index (χ4n) is 1.84. The van der Waals surface area contributed by atoms with Crippen LogP contribution in [0.3, 0.4) is 0 Å². The van der Waals surface area contributed by atoms with Crippen LogP contribution >= 0.6 is 11.3 Å². The highest BCUT2D eigenvalue weighted by atomic mass is 32.1. The first-order valence-electron chi connectivity index (χ1n) is 6.53. The number of amides is 1. The molecule has 0 spiro atoms. The zero-order chi connectivity index (χ0) is 14.7. The fraction of sp³-hybridized carbons (Fsp3) is 0.333. The van der Waals surface area contributed by atoms with Gasteiger partial charge in [-0.05, 0) is 32.4 Å². The van der Waals surface area contributed by atoms with E-state index in [0.29, 0.717) is 0 Å². The first kappa shape index (κ1) is 14.7. The van der Waals surface area contributed by atoms with Gasteiger partial charge in [0.2, 0.25) is 0 Å². The number of carbonyl (C=O) groups is 1. The Labute approximate surface area is 121 Å². The molecular formula is C15H17FN2OS. The van der Waals surface area contributed by atoms with Gasteiger partial charge in [-0.2, -0.15) is 0 Å². The Morgan fingerprint density at radius 2 is 2.25 bits per heavy atom. The van der Waals surface area contributed by atoms with E-state index in [-0.39, 0.29) is 11.6 Å². The molecule has 3 nitrogen and oxygen atoms in total. The Hall–Kier alpha value is -1.75. The summed E-state index contributed by atoms with van der Waals surface area (Å²) in [5, 5.41) is 3.62. The number of benzene rings is 1. The fourth-order valence-corrected chi connectivity index (χ4v) is 2.70. The van der Waals surface area contributed by atoms with Crippen LogP contribution in [0.4, 0.5) is 4.39 Å². The second-order valence-corrected chi connectivity index (χ2v) is 5.84. The van der Waals surface area contributed by atoms with Crippen LogP contribution in [0.5, 0.6) is 0 Å². The average Bonchev–Trinajstić information content (AvgIpc) is 2.90. The predicted octanol–water partition coefficient (Wildman–Crippen LogP) is 3.64. The molecule has 0 fully saturated rings. The predicted molar refractivity (Wildman–Crippen MR) is 78.5 cm³/mol. The molecule has 1 atom stereocenters. The third kappa shape index (κ3) is 3.22. The van der Waals surface area contributed by atoms with E-state index in [9.17, 15) is 9.18 Å². The van der Waals surface area contributed by atoms with Gasteiger partial charge in [-0.25, -0.2) is 9.37 Å². The quantitative estimate of drug-likeness (QED) is 0.934. The third-order valence-electron chi connectivity index (χ3n) is 3.00.